The molecule has 0 spiro atoms. The molecule has 4 rings (SSSR count). The maximum absolute atomic E-state index is 12.8. The minimum Gasteiger partial charge on any atom is -0.497 e. The van der Waals surface area contributed by atoms with Crippen LogP contribution in [0, 0.1) is 10.1 Å². The third kappa shape index (κ3) is 5.07. The number of hydrogen-bond acceptors (Lipinski definition) is 8. The average Bonchev–Trinajstić information content (AvgIpc) is 3.38. The fraction of sp³-hybridized carbons (Fsp3) is 0.409. The van der Waals surface area contributed by atoms with Crippen LogP contribution in [-0.4, -0.2) is 70.1 Å². The highest BCUT2D eigenvalue weighted by molar-refractivity contribution is 7.92. The van der Waals surface area contributed by atoms with Crippen LogP contribution in [-0.2, 0) is 19.6 Å². The Hall–Kier alpha value is -3.38. The quantitative estimate of drug-likeness (QED) is 0.462. The van der Waals surface area contributed by atoms with E-state index < -0.39 is 21.1 Å². The average molecular weight is 491 g/mol. The lowest BCUT2D eigenvalue weighted by Gasteiger charge is -2.36. The van der Waals surface area contributed by atoms with Gasteiger partial charge in [-0.3, -0.25) is 19.6 Å². The summed E-state index contributed by atoms with van der Waals surface area (Å²) >= 11 is 0. The van der Waals surface area contributed by atoms with Crippen LogP contribution in [0.25, 0.3) is 0 Å². The predicted octanol–water partition coefficient (Wildman–Crippen LogP) is 2.23. The van der Waals surface area contributed by atoms with Crippen molar-refractivity contribution in [3.63, 3.8) is 0 Å². The Morgan fingerprint density at radius 2 is 1.85 bits per heavy atom. The summed E-state index contributed by atoms with van der Waals surface area (Å²) in [6.45, 7) is 2.21. The number of rotatable bonds is 7. The highest BCUT2D eigenvalue weighted by Crippen LogP contribution is 2.32. The van der Waals surface area contributed by atoms with Crippen molar-refractivity contribution in [2.45, 2.75) is 23.8 Å². The molecule has 0 aromatic heterocycles. The van der Waals surface area contributed by atoms with Crippen LogP contribution in [0.1, 0.15) is 12.8 Å². The molecule has 1 amide bonds. The minimum atomic E-state index is -4.05. The van der Waals surface area contributed by atoms with Gasteiger partial charge in [0.25, 0.3) is 21.6 Å². The van der Waals surface area contributed by atoms with Gasteiger partial charge in [0.15, 0.2) is 0 Å². The number of methoxy groups -OCH3 is 1. The molecule has 2 aromatic carbocycles. The van der Waals surface area contributed by atoms with E-state index in [1.165, 1.54) is 31.4 Å². The molecule has 0 aliphatic carbocycles. The van der Waals surface area contributed by atoms with Crippen molar-refractivity contribution in [3.8, 4) is 5.75 Å². The first kappa shape index (κ1) is 23.8. The van der Waals surface area contributed by atoms with Crippen molar-refractivity contribution in [2.75, 3.05) is 49.5 Å². The lowest BCUT2D eigenvalue weighted by Crippen LogP contribution is -2.51. The molecule has 2 saturated heterocycles. The molecule has 2 fully saturated rings. The zero-order chi connectivity index (χ0) is 24.3. The smallest absolute Gasteiger partial charge is 0.293 e. The summed E-state index contributed by atoms with van der Waals surface area (Å²) in [5.41, 5.74) is 0.314. The number of carbonyl (C=O) groups is 1. The molecule has 0 unspecified atom stereocenters. The SMILES string of the molecule is COc1ccc(NS(=O)(=O)c2ccc(N3CCN(C(=O)[C@H]4CCCO4)CC3)c([N+](=O)[O-])c2)cc1. The van der Waals surface area contributed by atoms with E-state index in [0.29, 0.717) is 56.3 Å². The van der Waals surface area contributed by atoms with Crippen LogP contribution in [0.15, 0.2) is 47.4 Å². The molecular weight excluding hydrogens is 464 g/mol. The van der Waals surface area contributed by atoms with Crippen molar-refractivity contribution in [3.05, 3.63) is 52.6 Å². The second-order valence-electron chi connectivity index (χ2n) is 8.06. The number of nitrogens with one attached hydrogen (secondary N) is 1. The Morgan fingerprint density at radius 3 is 2.44 bits per heavy atom. The van der Waals surface area contributed by atoms with Gasteiger partial charge in [-0.2, -0.15) is 0 Å². The second kappa shape index (κ2) is 9.85. The number of piperazine rings is 1. The van der Waals surface area contributed by atoms with E-state index in [1.54, 1.807) is 21.9 Å². The number of nitrogens with zero attached hydrogens (tertiary/aromatic N) is 3. The Balaban J connectivity index is 1.49. The van der Waals surface area contributed by atoms with Crippen LogP contribution in [0.2, 0.25) is 0 Å². The topological polar surface area (TPSA) is 131 Å². The minimum absolute atomic E-state index is 0.0438. The van der Waals surface area contributed by atoms with Gasteiger partial charge >= 0.3 is 0 Å². The molecule has 11 nitrogen and oxygen atoms in total. The fourth-order valence-corrected chi connectivity index (χ4v) is 5.18. The maximum atomic E-state index is 12.8. The van der Waals surface area contributed by atoms with Gasteiger partial charge in [0.1, 0.15) is 17.5 Å². The first-order valence-electron chi connectivity index (χ1n) is 10.9. The number of nitro groups is 1. The summed E-state index contributed by atoms with van der Waals surface area (Å²) in [7, 11) is -2.54. The molecule has 34 heavy (non-hydrogen) atoms. The zero-order valence-corrected chi connectivity index (χ0v) is 19.5. The molecule has 12 heteroatoms. The third-order valence-electron chi connectivity index (χ3n) is 5.93. The summed E-state index contributed by atoms with van der Waals surface area (Å²) < 4.78 is 38.6. The number of amides is 1. The van der Waals surface area contributed by atoms with E-state index in [-0.39, 0.29) is 16.5 Å². The number of benzene rings is 2. The van der Waals surface area contributed by atoms with Crippen LogP contribution < -0.4 is 14.4 Å². The number of sulfonamides is 1. The third-order valence-corrected chi connectivity index (χ3v) is 7.31. The van der Waals surface area contributed by atoms with Gasteiger partial charge in [0.05, 0.1) is 16.9 Å². The van der Waals surface area contributed by atoms with Crippen molar-refractivity contribution in [1.82, 2.24) is 4.90 Å². The molecule has 0 radical (unpaired) electrons. The summed E-state index contributed by atoms with van der Waals surface area (Å²) in [6.07, 6.45) is 1.18. The molecule has 0 saturated carbocycles. The summed E-state index contributed by atoms with van der Waals surface area (Å²) in [5, 5.41) is 11.8. The van der Waals surface area contributed by atoms with Gasteiger partial charge in [-0.25, -0.2) is 8.42 Å². The Bertz CT molecular complexity index is 1160. The fourth-order valence-electron chi connectivity index (χ4n) is 4.10. The number of carbonyl (C=O) groups excluding carboxylic acids is 1. The molecule has 0 bridgehead atoms. The molecule has 2 aliphatic heterocycles. The van der Waals surface area contributed by atoms with Crippen LogP contribution in [0.3, 0.4) is 0 Å². The van der Waals surface area contributed by atoms with Crippen molar-refractivity contribution in [2.24, 2.45) is 0 Å². The lowest BCUT2D eigenvalue weighted by molar-refractivity contribution is -0.384. The van der Waals surface area contributed by atoms with Gasteiger partial charge < -0.3 is 19.3 Å². The molecule has 2 aliphatic rings. The molecule has 1 atom stereocenters. The zero-order valence-electron chi connectivity index (χ0n) is 18.7. The molecule has 2 aromatic rings. The highest BCUT2D eigenvalue weighted by Gasteiger charge is 2.32. The first-order chi connectivity index (χ1) is 16.3. The van der Waals surface area contributed by atoms with Gasteiger partial charge in [0, 0.05) is 44.5 Å². The van der Waals surface area contributed by atoms with Gasteiger partial charge in [0.2, 0.25) is 0 Å². The summed E-state index contributed by atoms with van der Waals surface area (Å²) in [5.74, 6) is 0.526. The van der Waals surface area contributed by atoms with Crippen LogP contribution in [0.4, 0.5) is 17.1 Å². The standard InChI is InChI=1S/C22H26N4O7S/c1-32-17-6-4-16(5-7-17)23-34(30,31)18-8-9-19(20(15-18)26(28)29)24-10-12-25(13-11-24)22(27)21-3-2-14-33-21/h4-9,15,21,23H,2-3,10-14H2,1H3/t21-/m1/s1. The predicted molar refractivity (Wildman–Crippen MR) is 125 cm³/mol. The molecule has 182 valence electrons. The van der Waals surface area contributed by atoms with E-state index in [0.717, 1.165) is 12.5 Å². The number of nitro benzene ring substituents is 1. The van der Waals surface area contributed by atoms with Crippen molar-refractivity contribution >= 4 is 33.0 Å². The Kier molecular flexibility index (Phi) is 6.89. The number of ether oxygens (including phenoxy) is 2. The largest absolute Gasteiger partial charge is 0.497 e. The Labute approximate surface area is 197 Å². The first-order valence-corrected chi connectivity index (χ1v) is 12.4. The van der Waals surface area contributed by atoms with Gasteiger partial charge in [-0.15, -0.1) is 0 Å². The van der Waals surface area contributed by atoms with E-state index in [4.69, 9.17) is 9.47 Å². The molecular formula is C22H26N4O7S. The van der Waals surface area contributed by atoms with Crippen LogP contribution in [0.5, 0.6) is 5.75 Å². The van der Waals surface area contributed by atoms with Gasteiger partial charge in [-0.05, 0) is 49.2 Å². The highest BCUT2D eigenvalue weighted by atomic mass is 32.2. The number of hydrogen-bond donors (Lipinski definition) is 1. The van der Waals surface area contributed by atoms with Gasteiger partial charge in [-0.1, -0.05) is 0 Å². The van der Waals surface area contributed by atoms with Crippen molar-refractivity contribution in [1.29, 1.82) is 0 Å². The molecule has 2 heterocycles. The lowest BCUT2D eigenvalue weighted by atomic mass is 10.2. The van der Waals surface area contributed by atoms with E-state index >= 15 is 0 Å². The van der Waals surface area contributed by atoms with Crippen molar-refractivity contribution < 1.29 is 27.6 Å². The van der Waals surface area contributed by atoms with E-state index in [2.05, 4.69) is 4.72 Å². The number of anilines is 2. The van der Waals surface area contributed by atoms with E-state index in [1.807, 2.05) is 0 Å². The molecule has 1 N–H and O–H groups in total. The Morgan fingerprint density at radius 1 is 1.15 bits per heavy atom. The normalized spacial score (nSPS) is 18.6. The summed E-state index contributed by atoms with van der Waals surface area (Å²) in [4.78, 5) is 27.0. The van der Waals surface area contributed by atoms with E-state index in [9.17, 15) is 23.3 Å². The summed E-state index contributed by atoms with van der Waals surface area (Å²) in [6, 6.07) is 10.1. The second-order valence-corrected chi connectivity index (χ2v) is 9.74. The van der Waals surface area contributed by atoms with Crippen LogP contribution >= 0.6 is 0 Å². The monoisotopic (exact) mass is 490 g/mol. The maximum Gasteiger partial charge on any atom is 0.293 e.